The summed E-state index contributed by atoms with van der Waals surface area (Å²) in [6.07, 6.45) is 1.90. The first-order chi connectivity index (χ1) is 15.0. The minimum absolute atomic E-state index is 0.505. The first-order valence-corrected chi connectivity index (χ1v) is 13.6. The zero-order chi connectivity index (χ0) is 21.8. The van der Waals surface area contributed by atoms with E-state index in [2.05, 4.69) is 72.2 Å². The van der Waals surface area contributed by atoms with Crippen LogP contribution in [0, 0.1) is 18.5 Å². The van der Waals surface area contributed by atoms with Crippen LogP contribution in [0.15, 0.2) is 74.4 Å². The van der Waals surface area contributed by atoms with Gasteiger partial charge >= 0.3 is 0 Å². The van der Waals surface area contributed by atoms with Crippen LogP contribution in [-0.2, 0) is 6.61 Å². The Hall–Kier alpha value is -1.13. The lowest BCUT2D eigenvalue weighted by Crippen LogP contribution is -1.99. The number of fused-ring (bicyclic) bond motifs is 1. The lowest BCUT2D eigenvalue weighted by atomic mass is 10.2. The number of aromatic nitrogens is 1. The molecule has 3 aromatic carbocycles. The average molecular weight is 731 g/mol. The van der Waals surface area contributed by atoms with Crippen molar-refractivity contribution >= 4 is 101 Å². The van der Waals surface area contributed by atoms with E-state index < -0.39 is 0 Å². The molecule has 1 heterocycles. The summed E-state index contributed by atoms with van der Waals surface area (Å²) in [6, 6.07) is 22.5. The van der Waals surface area contributed by atoms with E-state index in [1.54, 1.807) is 11.3 Å². The van der Waals surface area contributed by atoms with E-state index in [-0.39, 0.29) is 0 Å². The fourth-order valence-electron chi connectivity index (χ4n) is 2.76. The molecule has 0 saturated carbocycles. The van der Waals surface area contributed by atoms with Crippen molar-refractivity contribution < 1.29 is 4.74 Å². The van der Waals surface area contributed by atoms with Crippen LogP contribution in [0.1, 0.15) is 11.1 Å². The number of thioether (sulfide) groups is 1. The lowest BCUT2D eigenvalue weighted by Gasteiger charge is -2.12. The maximum atomic E-state index is 9.65. The molecule has 1 aromatic heterocycles. The molecular formula is C23H13BrI2N2OS2. The molecular weight excluding hydrogens is 718 g/mol. The Bertz CT molecular complexity index is 1260. The molecule has 0 atom stereocenters. The zero-order valence-electron chi connectivity index (χ0n) is 15.8. The summed E-state index contributed by atoms with van der Waals surface area (Å²) >= 11 is 11.0. The van der Waals surface area contributed by atoms with Crippen LogP contribution in [0.25, 0.3) is 16.3 Å². The summed E-state index contributed by atoms with van der Waals surface area (Å²) in [6.45, 7) is 0.505. The number of benzene rings is 3. The molecule has 4 rings (SSSR count). The van der Waals surface area contributed by atoms with Gasteiger partial charge in [0, 0.05) is 4.47 Å². The van der Waals surface area contributed by atoms with Crippen LogP contribution in [0.5, 0.6) is 5.75 Å². The molecule has 0 spiro atoms. The van der Waals surface area contributed by atoms with Crippen LogP contribution in [-0.4, -0.2) is 4.98 Å². The second kappa shape index (κ2) is 10.7. The summed E-state index contributed by atoms with van der Waals surface area (Å²) in [5, 5.41) is 9.65. The largest absolute Gasteiger partial charge is 0.487 e. The summed E-state index contributed by atoms with van der Waals surface area (Å²) in [4.78, 5) is 5.22. The van der Waals surface area contributed by atoms with E-state index in [0.717, 1.165) is 43.0 Å². The molecule has 0 fully saturated rings. The fourth-order valence-corrected chi connectivity index (χ4v) is 7.13. The predicted octanol–water partition coefficient (Wildman–Crippen LogP) is 8.50. The lowest BCUT2D eigenvalue weighted by molar-refractivity contribution is 0.301. The number of hydrogen-bond donors (Lipinski definition) is 0. The Kier molecular flexibility index (Phi) is 7.92. The number of para-hydroxylation sites is 1. The third kappa shape index (κ3) is 6.01. The molecule has 0 bridgehead atoms. The number of rotatable bonds is 6. The number of nitrogens with zero attached hydrogens (tertiary/aromatic N) is 2. The first-order valence-electron chi connectivity index (χ1n) is 9.03. The fraction of sp³-hybridized carbons (Fsp3) is 0.0435. The Morgan fingerprint density at radius 2 is 1.84 bits per heavy atom. The molecule has 0 N–H and O–H groups in total. The quantitative estimate of drug-likeness (QED) is 0.113. The average Bonchev–Trinajstić information content (AvgIpc) is 3.16. The van der Waals surface area contributed by atoms with Crippen molar-refractivity contribution in [1.29, 1.82) is 5.26 Å². The highest BCUT2D eigenvalue weighted by Crippen LogP contribution is 2.36. The van der Waals surface area contributed by atoms with Crippen LogP contribution in [0.3, 0.4) is 0 Å². The smallest absolute Gasteiger partial charge is 0.156 e. The van der Waals surface area contributed by atoms with Crippen molar-refractivity contribution in [2.45, 2.75) is 10.9 Å². The highest BCUT2D eigenvalue weighted by Gasteiger charge is 2.11. The van der Waals surface area contributed by atoms with Gasteiger partial charge in [0.1, 0.15) is 18.4 Å². The summed E-state index contributed by atoms with van der Waals surface area (Å²) in [5.74, 6) is 0.860. The highest BCUT2D eigenvalue weighted by molar-refractivity contribution is 14.1. The minimum Gasteiger partial charge on any atom is -0.487 e. The van der Waals surface area contributed by atoms with Crippen molar-refractivity contribution in [3.63, 3.8) is 0 Å². The van der Waals surface area contributed by atoms with Crippen molar-refractivity contribution in [2.75, 3.05) is 0 Å². The van der Waals surface area contributed by atoms with Crippen LogP contribution >= 0.6 is 84.2 Å². The molecule has 8 heteroatoms. The SMILES string of the molecule is N#C/C(=C\c1cc(I)c(OCc2ccc(Br)cc2)c(I)c1)Sc1nc2ccccc2s1. The first kappa shape index (κ1) is 23.0. The molecule has 0 unspecified atom stereocenters. The van der Waals surface area contributed by atoms with Crippen molar-refractivity contribution in [2.24, 2.45) is 0 Å². The minimum atomic E-state index is 0.505. The predicted molar refractivity (Wildman–Crippen MR) is 149 cm³/mol. The molecule has 0 radical (unpaired) electrons. The second-order valence-corrected chi connectivity index (χ2v) is 12.0. The van der Waals surface area contributed by atoms with Gasteiger partial charge in [-0.05, 0) is 111 Å². The van der Waals surface area contributed by atoms with Gasteiger partial charge in [-0.1, -0.05) is 40.2 Å². The third-order valence-corrected chi connectivity index (χ3v) is 8.35. The maximum Gasteiger partial charge on any atom is 0.156 e. The van der Waals surface area contributed by atoms with Gasteiger partial charge in [-0.2, -0.15) is 5.26 Å². The molecule has 0 aliphatic heterocycles. The van der Waals surface area contributed by atoms with Gasteiger partial charge in [0.25, 0.3) is 0 Å². The van der Waals surface area contributed by atoms with Gasteiger partial charge in [-0.15, -0.1) is 11.3 Å². The number of halogens is 3. The van der Waals surface area contributed by atoms with E-state index in [9.17, 15) is 5.26 Å². The highest BCUT2D eigenvalue weighted by atomic mass is 127. The monoisotopic (exact) mass is 730 g/mol. The Morgan fingerprint density at radius 1 is 1.13 bits per heavy atom. The molecule has 4 aromatic rings. The standard InChI is InChI=1S/C23H13BrI2N2OS2/c24-16-7-5-14(6-8-16)13-29-22-18(25)10-15(11-19(22)26)9-17(12-27)30-23-28-20-3-1-2-4-21(20)31-23/h1-11H,13H2/b17-9+. The molecule has 0 amide bonds. The van der Waals surface area contributed by atoms with Gasteiger partial charge in [-0.3, -0.25) is 0 Å². The van der Waals surface area contributed by atoms with Gasteiger partial charge < -0.3 is 4.74 Å². The van der Waals surface area contributed by atoms with E-state index >= 15 is 0 Å². The Balaban J connectivity index is 1.52. The summed E-state index contributed by atoms with van der Waals surface area (Å²) in [5.41, 5.74) is 3.04. The van der Waals surface area contributed by atoms with E-state index in [1.165, 1.54) is 11.8 Å². The van der Waals surface area contributed by atoms with Gasteiger partial charge in [0.2, 0.25) is 0 Å². The van der Waals surface area contributed by atoms with Gasteiger partial charge in [-0.25, -0.2) is 4.98 Å². The maximum absolute atomic E-state index is 9.65. The zero-order valence-corrected chi connectivity index (χ0v) is 23.3. The van der Waals surface area contributed by atoms with Crippen molar-refractivity contribution in [1.82, 2.24) is 4.98 Å². The van der Waals surface area contributed by atoms with Crippen LogP contribution in [0.4, 0.5) is 0 Å². The van der Waals surface area contributed by atoms with Gasteiger partial charge in [0.05, 0.1) is 22.3 Å². The number of allylic oxidation sites excluding steroid dienone is 1. The van der Waals surface area contributed by atoms with Gasteiger partial charge in [0.15, 0.2) is 4.34 Å². The Labute approximate surface area is 224 Å². The van der Waals surface area contributed by atoms with Crippen molar-refractivity contribution in [3.8, 4) is 11.8 Å². The number of hydrogen-bond acceptors (Lipinski definition) is 5. The summed E-state index contributed by atoms with van der Waals surface area (Å²) in [7, 11) is 0. The second-order valence-electron chi connectivity index (χ2n) is 6.40. The molecule has 31 heavy (non-hydrogen) atoms. The summed E-state index contributed by atoms with van der Waals surface area (Å²) < 4.78 is 11.1. The molecule has 3 nitrogen and oxygen atoms in total. The molecule has 0 aliphatic rings. The third-order valence-electron chi connectivity index (χ3n) is 4.20. The molecule has 0 aliphatic carbocycles. The van der Waals surface area contributed by atoms with Crippen molar-refractivity contribution in [3.05, 3.63) is 88.3 Å². The Morgan fingerprint density at radius 3 is 2.52 bits per heavy atom. The molecule has 0 saturated heterocycles. The van der Waals surface area contributed by atoms with Crippen LogP contribution in [0.2, 0.25) is 0 Å². The van der Waals surface area contributed by atoms with E-state index in [0.29, 0.717) is 11.5 Å². The topological polar surface area (TPSA) is 45.9 Å². The number of nitriles is 1. The number of ether oxygens (including phenoxy) is 1. The van der Waals surface area contributed by atoms with E-state index in [4.69, 9.17) is 4.74 Å². The molecule has 154 valence electrons. The number of thiazole rings is 1. The van der Waals surface area contributed by atoms with E-state index in [1.807, 2.05) is 66.7 Å². The van der Waals surface area contributed by atoms with Crippen LogP contribution < -0.4 is 4.74 Å². The normalized spacial score (nSPS) is 11.5.